The van der Waals surface area contributed by atoms with E-state index in [9.17, 15) is 0 Å². The lowest BCUT2D eigenvalue weighted by molar-refractivity contribution is 0.0326. The largest absolute Gasteiger partial charge is 0.379 e. The molecule has 1 aromatic carbocycles. The fraction of sp³-hybridized carbons (Fsp3) is 0.450. The topological polar surface area (TPSA) is 46.1 Å². The maximum atomic E-state index is 5.46. The molecule has 6 heteroatoms. The first-order chi connectivity index (χ1) is 12.1. The molecule has 4 rings (SSSR count). The molecule has 1 atom stereocenters. The predicted molar refractivity (Wildman–Crippen MR) is 108 cm³/mol. The Bertz CT molecular complexity index is 879. The van der Waals surface area contributed by atoms with E-state index in [-0.39, 0.29) is 12.4 Å². The first-order valence-electron chi connectivity index (χ1n) is 9.04. The van der Waals surface area contributed by atoms with Gasteiger partial charge in [0.1, 0.15) is 0 Å². The van der Waals surface area contributed by atoms with Gasteiger partial charge in [-0.25, -0.2) is 4.98 Å². The molecule has 1 aliphatic rings. The Kier molecular flexibility index (Phi) is 5.70. The van der Waals surface area contributed by atoms with Gasteiger partial charge < -0.3 is 14.3 Å². The molecule has 2 aromatic heterocycles. The zero-order valence-corrected chi connectivity index (χ0v) is 16.5. The second kappa shape index (κ2) is 7.82. The van der Waals surface area contributed by atoms with Gasteiger partial charge in [-0.2, -0.15) is 0 Å². The average molecular weight is 375 g/mol. The van der Waals surface area contributed by atoms with Gasteiger partial charge in [-0.3, -0.25) is 4.90 Å². The number of hydrogen-bond acceptors (Lipinski definition) is 3. The van der Waals surface area contributed by atoms with Crippen LogP contribution in [-0.4, -0.2) is 52.3 Å². The van der Waals surface area contributed by atoms with Gasteiger partial charge in [-0.1, -0.05) is 11.6 Å². The lowest BCUT2D eigenvalue weighted by atomic mass is 10.1. The number of morpholine rings is 1. The van der Waals surface area contributed by atoms with E-state index in [1.807, 2.05) is 12.5 Å². The van der Waals surface area contributed by atoms with Crippen LogP contribution in [0.15, 0.2) is 30.7 Å². The number of H-pyrrole nitrogens is 1. The molecule has 0 saturated carbocycles. The van der Waals surface area contributed by atoms with Gasteiger partial charge in [-0.15, -0.1) is 12.4 Å². The fourth-order valence-corrected chi connectivity index (χ4v) is 3.79. The van der Waals surface area contributed by atoms with Gasteiger partial charge in [0.15, 0.2) is 0 Å². The molecular formula is C20H27ClN4O. The molecule has 1 aliphatic heterocycles. The summed E-state index contributed by atoms with van der Waals surface area (Å²) >= 11 is 0. The number of imidazole rings is 1. The molecular weight excluding hydrogens is 348 g/mol. The van der Waals surface area contributed by atoms with E-state index < -0.39 is 0 Å². The maximum Gasteiger partial charge on any atom is 0.0954 e. The smallest absolute Gasteiger partial charge is 0.0954 e. The third kappa shape index (κ3) is 3.52. The summed E-state index contributed by atoms with van der Waals surface area (Å²) in [5.41, 5.74) is 6.10. The molecule has 3 heterocycles. The molecule has 26 heavy (non-hydrogen) atoms. The van der Waals surface area contributed by atoms with Crippen LogP contribution in [0.4, 0.5) is 0 Å². The Morgan fingerprint density at radius 3 is 2.77 bits per heavy atom. The summed E-state index contributed by atoms with van der Waals surface area (Å²) in [5.74, 6) is 0. The molecule has 1 N–H and O–H groups in total. The van der Waals surface area contributed by atoms with Crippen molar-refractivity contribution in [2.24, 2.45) is 0 Å². The summed E-state index contributed by atoms with van der Waals surface area (Å²) < 4.78 is 7.75. The monoisotopic (exact) mass is 374 g/mol. The van der Waals surface area contributed by atoms with Gasteiger partial charge >= 0.3 is 0 Å². The van der Waals surface area contributed by atoms with E-state index in [1.54, 1.807) is 0 Å². The van der Waals surface area contributed by atoms with Crippen LogP contribution in [0.25, 0.3) is 22.3 Å². The lowest BCUT2D eigenvalue weighted by Gasteiger charge is -2.30. The number of ether oxygens (including phenoxy) is 1. The van der Waals surface area contributed by atoms with E-state index in [2.05, 4.69) is 58.4 Å². The molecule has 0 aliphatic carbocycles. The molecule has 0 radical (unpaired) electrons. The summed E-state index contributed by atoms with van der Waals surface area (Å²) in [6.07, 6.45) is 3.93. The lowest BCUT2D eigenvalue weighted by Crippen LogP contribution is -2.39. The van der Waals surface area contributed by atoms with Crippen LogP contribution in [-0.2, 0) is 4.74 Å². The zero-order chi connectivity index (χ0) is 17.4. The number of nitrogens with zero attached hydrogens (tertiary/aromatic N) is 3. The van der Waals surface area contributed by atoms with Crippen molar-refractivity contribution in [3.05, 3.63) is 41.9 Å². The molecule has 1 fully saturated rings. The number of halogens is 1. The highest BCUT2D eigenvalue weighted by atomic mass is 35.5. The second-order valence-corrected chi connectivity index (χ2v) is 7.12. The van der Waals surface area contributed by atoms with Gasteiger partial charge in [0, 0.05) is 36.6 Å². The normalized spacial score (nSPS) is 16.6. The Hall–Kier alpha value is -1.82. The first-order valence-corrected chi connectivity index (χ1v) is 9.04. The molecule has 5 nitrogen and oxygen atoms in total. The minimum absolute atomic E-state index is 0. The van der Waals surface area contributed by atoms with E-state index >= 15 is 0 Å². The van der Waals surface area contributed by atoms with Crippen LogP contribution in [0.2, 0.25) is 0 Å². The number of aromatic nitrogens is 3. The van der Waals surface area contributed by atoms with E-state index in [0.29, 0.717) is 6.04 Å². The fourth-order valence-electron chi connectivity index (χ4n) is 3.79. The molecule has 0 bridgehead atoms. The van der Waals surface area contributed by atoms with Crippen LogP contribution in [0.1, 0.15) is 24.1 Å². The molecule has 1 unspecified atom stereocenters. The second-order valence-electron chi connectivity index (χ2n) is 7.12. The van der Waals surface area contributed by atoms with Crippen LogP contribution < -0.4 is 0 Å². The number of aryl methyl sites for hydroxylation is 2. The van der Waals surface area contributed by atoms with Gasteiger partial charge in [-0.05, 0) is 38.5 Å². The zero-order valence-electron chi connectivity index (χ0n) is 15.7. The predicted octanol–water partition coefficient (Wildman–Crippen LogP) is 3.96. The number of fused-ring (bicyclic) bond motifs is 1. The number of hydrogen-bond donors (Lipinski definition) is 1. The van der Waals surface area contributed by atoms with E-state index in [4.69, 9.17) is 4.74 Å². The molecule has 140 valence electrons. The average Bonchev–Trinajstić information content (AvgIpc) is 3.21. The minimum atomic E-state index is 0. The van der Waals surface area contributed by atoms with Gasteiger partial charge in [0.05, 0.1) is 37.1 Å². The highest BCUT2D eigenvalue weighted by Gasteiger charge is 2.19. The number of aromatic amines is 1. The number of benzene rings is 1. The third-order valence-electron chi connectivity index (χ3n) is 5.24. The van der Waals surface area contributed by atoms with Crippen molar-refractivity contribution in [1.82, 2.24) is 19.4 Å². The Morgan fingerprint density at radius 1 is 1.23 bits per heavy atom. The van der Waals surface area contributed by atoms with Crippen LogP contribution in [0, 0.1) is 13.8 Å². The molecule has 0 spiro atoms. The van der Waals surface area contributed by atoms with Crippen molar-refractivity contribution in [2.45, 2.75) is 26.8 Å². The van der Waals surface area contributed by atoms with E-state index in [1.165, 1.54) is 27.7 Å². The highest BCUT2D eigenvalue weighted by Crippen LogP contribution is 2.31. The van der Waals surface area contributed by atoms with E-state index in [0.717, 1.165) is 38.5 Å². The van der Waals surface area contributed by atoms with Crippen molar-refractivity contribution in [3.8, 4) is 11.4 Å². The highest BCUT2D eigenvalue weighted by molar-refractivity contribution is 5.90. The van der Waals surface area contributed by atoms with Crippen molar-refractivity contribution < 1.29 is 4.74 Å². The summed E-state index contributed by atoms with van der Waals surface area (Å²) in [4.78, 5) is 10.5. The molecule has 3 aromatic rings. The summed E-state index contributed by atoms with van der Waals surface area (Å²) in [6, 6.07) is 6.94. The summed E-state index contributed by atoms with van der Waals surface area (Å²) in [5, 5.41) is 1.29. The van der Waals surface area contributed by atoms with Crippen molar-refractivity contribution in [3.63, 3.8) is 0 Å². The molecule has 0 amide bonds. The van der Waals surface area contributed by atoms with Crippen molar-refractivity contribution >= 4 is 23.3 Å². The SMILES string of the molecule is Cc1ccc2[nH]c(-c3cncn3C(C)CN3CCOCC3)c(C)c2c1.Cl. The van der Waals surface area contributed by atoms with Crippen LogP contribution in [0.5, 0.6) is 0 Å². The summed E-state index contributed by atoms with van der Waals surface area (Å²) in [6.45, 7) is 11.3. The Balaban J connectivity index is 0.00000196. The molecule has 1 saturated heterocycles. The summed E-state index contributed by atoms with van der Waals surface area (Å²) in [7, 11) is 0. The number of nitrogens with one attached hydrogen (secondary N) is 1. The quantitative estimate of drug-likeness (QED) is 0.751. The van der Waals surface area contributed by atoms with Crippen molar-refractivity contribution in [2.75, 3.05) is 32.8 Å². The first kappa shape index (κ1) is 19.0. The minimum Gasteiger partial charge on any atom is -0.379 e. The Labute approximate surface area is 160 Å². The standard InChI is InChI=1S/C20H26N4O.ClH/c1-14-4-5-18-17(10-14)16(3)20(22-18)19-11-21-13-24(19)15(2)12-23-6-8-25-9-7-23;/h4-5,10-11,13,15,22H,6-9,12H2,1-3H3;1H. The van der Waals surface area contributed by atoms with Crippen LogP contribution >= 0.6 is 12.4 Å². The van der Waals surface area contributed by atoms with Crippen LogP contribution in [0.3, 0.4) is 0 Å². The third-order valence-corrected chi connectivity index (χ3v) is 5.24. The van der Waals surface area contributed by atoms with Crippen molar-refractivity contribution in [1.29, 1.82) is 0 Å². The van der Waals surface area contributed by atoms with Gasteiger partial charge in [0.2, 0.25) is 0 Å². The van der Waals surface area contributed by atoms with Gasteiger partial charge in [0.25, 0.3) is 0 Å². The maximum absolute atomic E-state index is 5.46. The Morgan fingerprint density at radius 2 is 2.00 bits per heavy atom. The number of rotatable bonds is 4.